The zero-order valence-corrected chi connectivity index (χ0v) is 8.52. The maximum Gasteiger partial charge on any atom is 0.416 e. The predicted octanol–water partition coefficient (Wildman–Crippen LogP) is 3.71. The highest BCUT2D eigenvalue weighted by Crippen LogP contribution is 2.29. The van der Waals surface area contributed by atoms with Crippen LogP contribution in [0.4, 0.5) is 13.2 Å². The third-order valence-electron chi connectivity index (χ3n) is 1.70. The summed E-state index contributed by atoms with van der Waals surface area (Å²) >= 11 is 0. The van der Waals surface area contributed by atoms with Gasteiger partial charge in [-0.25, -0.2) is 0 Å². The summed E-state index contributed by atoms with van der Waals surface area (Å²) in [6, 6.07) is 5.05. The van der Waals surface area contributed by atoms with Crippen molar-refractivity contribution in [2.24, 2.45) is 5.92 Å². The summed E-state index contributed by atoms with van der Waals surface area (Å²) in [5.41, 5.74) is -0.253. The Labute approximate surface area is 87.1 Å². The standard InChI is InChI=1S/C12H11F3/c1-9(2)6-7-10-4-3-5-11(8-10)12(13,14)15/h3-5,8-9H,1-2H3. The molecule has 3 heteroatoms. The van der Waals surface area contributed by atoms with Crippen molar-refractivity contribution < 1.29 is 13.2 Å². The minimum atomic E-state index is -4.30. The second-order valence-electron chi connectivity index (χ2n) is 3.50. The molecule has 0 aliphatic carbocycles. The van der Waals surface area contributed by atoms with Crippen molar-refractivity contribution in [2.75, 3.05) is 0 Å². The highest BCUT2D eigenvalue weighted by molar-refractivity contribution is 5.38. The molecule has 0 aliphatic heterocycles. The normalized spacial score (nSPS) is 11.1. The fourth-order valence-corrected chi connectivity index (χ4v) is 1.00. The first kappa shape index (κ1) is 11.6. The van der Waals surface area contributed by atoms with E-state index >= 15 is 0 Å². The average molecular weight is 212 g/mol. The lowest BCUT2D eigenvalue weighted by atomic mass is 10.1. The van der Waals surface area contributed by atoms with Crippen molar-refractivity contribution in [2.45, 2.75) is 20.0 Å². The van der Waals surface area contributed by atoms with Crippen LogP contribution in [0.25, 0.3) is 0 Å². The van der Waals surface area contributed by atoms with Crippen LogP contribution in [0.5, 0.6) is 0 Å². The molecule has 0 spiro atoms. The Hall–Kier alpha value is -1.43. The molecule has 0 bridgehead atoms. The molecule has 80 valence electrons. The van der Waals surface area contributed by atoms with Crippen LogP contribution >= 0.6 is 0 Å². The third kappa shape index (κ3) is 3.67. The molecule has 1 aromatic rings. The predicted molar refractivity (Wildman–Crippen MR) is 53.2 cm³/mol. The van der Waals surface area contributed by atoms with E-state index in [-0.39, 0.29) is 5.92 Å². The molecule has 1 aromatic carbocycles. The topological polar surface area (TPSA) is 0 Å². The molecular weight excluding hydrogens is 201 g/mol. The smallest absolute Gasteiger partial charge is 0.166 e. The molecule has 0 fully saturated rings. The number of halogens is 3. The minimum Gasteiger partial charge on any atom is -0.166 e. The number of alkyl halides is 3. The molecule has 0 nitrogen and oxygen atoms in total. The van der Waals surface area contributed by atoms with E-state index in [1.165, 1.54) is 6.07 Å². The molecule has 0 unspecified atom stereocenters. The summed E-state index contributed by atoms with van der Waals surface area (Å²) in [6.07, 6.45) is -4.30. The molecule has 0 aromatic heterocycles. The van der Waals surface area contributed by atoms with Gasteiger partial charge < -0.3 is 0 Å². The Kier molecular flexibility index (Phi) is 3.41. The highest BCUT2D eigenvalue weighted by atomic mass is 19.4. The monoisotopic (exact) mass is 212 g/mol. The van der Waals surface area contributed by atoms with E-state index in [1.807, 2.05) is 13.8 Å². The second-order valence-corrected chi connectivity index (χ2v) is 3.50. The summed E-state index contributed by atoms with van der Waals surface area (Å²) in [7, 11) is 0. The lowest BCUT2D eigenvalue weighted by Crippen LogP contribution is -2.04. The molecule has 0 heterocycles. The van der Waals surface area contributed by atoms with Crippen molar-refractivity contribution in [3.63, 3.8) is 0 Å². The fourth-order valence-electron chi connectivity index (χ4n) is 1.00. The first-order valence-corrected chi connectivity index (χ1v) is 4.58. The summed E-state index contributed by atoms with van der Waals surface area (Å²) in [6.45, 7) is 3.78. The molecule has 0 amide bonds. The molecule has 15 heavy (non-hydrogen) atoms. The lowest BCUT2D eigenvalue weighted by Gasteiger charge is -2.05. The highest BCUT2D eigenvalue weighted by Gasteiger charge is 2.30. The summed E-state index contributed by atoms with van der Waals surface area (Å²) in [5.74, 6) is 5.68. The first-order valence-electron chi connectivity index (χ1n) is 4.58. The molecule has 0 radical (unpaired) electrons. The van der Waals surface area contributed by atoms with Crippen molar-refractivity contribution in [3.8, 4) is 11.8 Å². The van der Waals surface area contributed by atoms with E-state index in [4.69, 9.17) is 0 Å². The summed E-state index contributed by atoms with van der Waals surface area (Å²) < 4.78 is 37.0. The summed E-state index contributed by atoms with van der Waals surface area (Å²) in [4.78, 5) is 0. The van der Waals surface area contributed by atoms with E-state index in [2.05, 4.69) is 11.8 Å². The fraction of sp³-hybridized carbons (Fsp3) is 0.333. The van der Waals surface area contributed by atoms with Gasteiger partial charge in [0.1, 0.15) is 0 Å². The van der Waals surface area contributed by atoms with Crippen LogP contribution in [0.2, 0.25) is 0 Å². The Morgan fingerprint density at radius 3 is 2.40 bits per heavy atom. The second kappa shape index (κ2) is 4.39. The van der Waals surface area contributed by atoms with Gasteiger partial charge >= 0.3 is 6.18 Å². The zero-order valence-electron chi connectivity index (χ0n) is 8.52. The first-order chi connectivity index (χ1) is 6.89. The maximum absolute atomic E-state index is 12.3. The maximum atomic E-state index is 12.3. The third-order valence-corrected chi connectivity index (χ3v) is 1.70. The van der Waals surface area contributed by atoms with Gasteiger partial charge in [0.15, 0.2) is 0 Å². The van der Waals surface area contributed by atoms with Crippen molar-refractivity contribution in [1.82, 2.24) is 0 Å². The van der Waals surface area contributed by atoms with Gasteiger partial charge in [0.05, 0.1) is 5.56 Å². The van der Waals surface area contributed by atoms with Gasteiger partial charge in [0.2, 0.25) is 0 Å². The van der Waals surface area contributed by atoms with Crippen LogP contribution in [-0.4, -0.2) is 0 Å². The Morgan fingerprint density at radius 2 is 1.87 bits per heavy atom. The molecule has 0 saturated carbocycles. The molecule has 1 rings (SSSR count). The lowest BCUT2D eigenvalue weighted by molar-refractivity contribution is -0.137. The van der Waals surface area contributed by atoms with Crippen LogP contribution in [0, 0.1) is 17.8 Å². The van der Waals surface area contributed by atoms with E-state index in [0.29, 0.717) is 5.56 Å². The Bertz CT molecular complexity index is 391. The van der Waals surface area contributed by atoms with Crippen molar-refractivity contribution in [1.29, 1.82) is 0 Å². The number of rotatable bonds is 0. The number of hydrogen-bond donors (Lipinski definition) is 0. The van der Waals surface area contributed by atoms with Gasteiger partial charge in [0.25, 0.3) is 0 Å². The average Bonchev–Trinajstić information content (AvgIpc) is 2.14. The van der Waals surface area contributed by atoms with Gasteiger partial charge in [-0.2, -0.15) is 13.2 Å². The van der Waals surface area contributed by atoms with Crippen molar-refractivity contribution in [3.05, 3.63) is 35.4 Å². The van der Waals surface area contributed by atoms with Gasteiger partial charge in [-0.1, -0.05) is 31.8 Å². The zero-order chi connectivity index (χ0) is 11.5. The van der Waals surface area contributed by atoms with Crippen LogP contribution in [0.1, 0.15) is 25.0 Å². The van der Waals surface area contributed by atoms with Crippen molar-refractivity contribution >= 4 is 0 Å². The summed E-state index contributed by atoms with van der Waals surface area (Å²) in [5, 5.41) is 0. The van der Waals surface area contributed by atoms with E-state index < -0.39 is 11.7 Å². The largest absolute Gasteiger partial charge is 0.416 e. The van der Waals surface area contributed by atoms with Gasteiger partial charge in [-0.15, -0.1) is 0 Å². The SMILES string of the molecule is CC(C)C#Cc1cccc(C(F)(F)F)c1. The molecule has 0 atom stereocenters. The Morgan fingerprint density at radius 1 is 1.20 bits per heavy atom. The quantitative estimate of drug-likeness (QED) is 0.575. The van der Waals surface area contributed by atoms with Crippen LogP contribution in [0.15, 0.2) is 24.3 Å². The Balaban J connectivity index is 3.00. The molecule has 0 saturated heterocycles. The van der Waals surface area contributed by atoms with Crippen LogP contribution in [-0.2, 0) is 6.18 Å². The van der Waals surface area contributed by atoms with E-state index in [0.717, 1.165) is 12.1 Å². The van der Waals surface area contributed by atoms with Gasteiger partial charge in [-0.3, -0.25) is 0 Å². The van der Waals surface area contributed by atoms with Gasteiger partial charge in [-0.05, 0) is 18.2 Å². The minimum absolute atomic E-state index is 0.152. The van der Waals surface area contributed by atoms with E-state index in [1.54, 1.807) is 6.07 Å². The molecule has 0 aliphatic rings. The van der Waals surface area contributed by atoms with Gasteiger partial charge in [0, 0.05) is 11.5 Å². The van der Waals surface area contributed by atoms with Crippen LogP contribution in [0.3, 0.4) is 0 Å². The number of benzene rings is 1. The van der Waals surface area contributed by atoms with E-state index in [9.17, 15) is 13.2 Å². The number of hydrogen-bond acceptors (Lipinski definition) is 0. The molecular formula is C12H11F3. The molecule has 0 N–H and O–H groups in total. The van der Waals surface area contributed by atoms with Crippen LogP contribution < -0.4 is 0 Å².